The second-order valence-electron chi connectivity index (χ2n) is 11.8. The van der Waals surface area contributed by atoms with Gasteiger partial charge >= 0.3 is 6.18 Å². The van der Waals surface area contributed by atoms with E-state index >= 15 is 0 Å². The molecule has 0 unspecified atom stereocenters. The number of anilines is 2. The van der Waals surface area contributed by atoms with E-state index in [1.165, 1.54) is 5.56 Å². The van der Waals surface area contributed by atoms with Crippen LogP contribution in [-0.4, -0.2) is 71.5 Å². The average Bonchev–Trinajstić information content (AvgIpc) is 3.44. The van der Waals surface area contributed by atoms with E-state index in [1.807, 2.05) is 47.2 Å². The number of aromatic hydroxyl groups is 1. The number of benzene rings is 3. The topological polar surface area (TPSA) is 87.9 Å². The summed E-state index contributed by atoms with van der Waals surface area (Å²) in [5.41, 5.74) is 2.25. The molecule has 1 saturated heterocycles. The average molecular weight is 661 g/mol. The Labute approximate surface area is 277 Å². The summed E-state index contributed by atoms with van der Waals surface area (Å²) in [4.78, 5) is 12.4. The fraction of sp³-hybridized carbons (Fsp3) is 0.333. The summed E-state index contributed by atoms with van der Waals surface area (Å²) < 4.78 is 52.4. The first-order chi connectivity index (χ1) is 23.2. The molecule has 5 aromatic rings. The minimum atomic E-state index is -4.56. The maximum Gasteiger partial charge on any atom is 0.433 e. The van der Waals surface area contributed by atoms with Crippen molar-refractivity contribution in [3.63, 3.8) is 0 Å². The predicted molar refractivity (Wildman–Crippen MR) is 180 cm³/mol. The van der Waals surface area contributed by atoms with Crippen molar-refractivity contribution in [2.24, 2.45) is 0 Å². The zero-order valence-corrected chi connectivity index (χ0v) is 27.0. The molecule has 0 amide bonds. The van der Waals surface area contributed by atoms with Crippen molar-refractivity contribution in [2.45, 2.75) is 31.6 Å². The van der Waals surface area contributed by atoms with Gasteiger partial charge in [0.1, 0.15) is 5.69 Å². The monoisotopic (exact) mass is 660 g/mol. The molecule has 2 N–H and O–H groups in total. The number of piperazine rings is 1. The Balaban J connectivity index is 1.24. The van der Waals surface area contributed by atoms with E-state index in [2.05, 4.69) is 55.4 Å². The van der Waals surface area contributed by atoms with Crippen LogP contribution in [0.5, 0.6) is 17.4 Å². The number of halogens is 3. The summed E-state index contributed by atoms with van der Waals surface area (Å²) in [5, 5.41) is 16.3. The van der Waals surface area contributed by atoms with E-state index in [0.29, 0.717) is 30.9 Å². The van der Waals surface area contributed by atoms with Crippen LogP contribution in [0.4, 0.5) is 24.8 Å². The van der Waals surface area contributed by atoms with Crippen molar-refractivity contribution in [3.8, 4) is 17.4 Å². The zero-order chi connectivity index (χ0) is 33.7. The maximum absolute atomic E-state index is 13.2. The van der Waals surface area contributed by atoms with Gasteiger partial charge in [-0.1, -0.05) is 42.5 Å². The summed E-state index contributed by atoms with van der Waals surface area (Å²) in [6.07, 6.45) is -0.372. The van der Waals surface area contributed by atoms with Crippen molar-refractivity contribution in [1.82, 2.24) is 19.4 Å². The number of nitrogens with one attached hydrogen (secondary N) is 1. The van der Waals surface area contributed by atoms with Gasteiger partial charge in [0.2, 0.25) is 5.95 Å². The second-order valence-corrected chi connectivity index (χ2v) is 11.8. The Bertz CT molecular complexity index is 1820. The van der Waals surface area contributed by atoms with E-state index in [1.54, 1.807) is 14.2 Å². The molecule has 12 heteroatoms. The van der Waals surface area contributed by atoms with Crippen LogP contribution in [0.3, 0.4) is 0 Å². The molecule has 1 aliphatic rings. The molecule has 6 rings (SSSR count). The minimum Gasteiger partial charge on any atom is -0.494 e. The Morgan fingerprint density at radius 3 is 2.40 bits per heavy atom. The SMILES string of the molecule is COc1ccc([C@@H](CCCNc2nccc(C(F)(F)F)n2)n2cc3c(N4CCN(Cc5ccccc5)CC4)cccc3c2O)cc1OC. The van der Waals surface area contributed by atoms with Gasteiger partial charge in [-0.25, -0.2) is 9.97 Å². The lowest BCUT2D eigenvalue weighted by molar-refractivity contribution is -0.141. The number of hydrogen-bond donors (Lipinski definition) is 2. The van der Waals surface area contributed by atoms with Crippen LogP contribution >= 0.6 is 0 Å². The molecule has 3 heterocycles. The summed E-state index contributed by atoms with van der Waals surface area (Å²) in [6, 6.07) is 22.7. The Hall–Kier alpha value is -4.97. The van der Waals surface area contributed by atoms with Gasteiger partial charge in [0.25, 0.3) is 0 Å². The summed E-state index contributed by atoms with van der Waals surface area (Å²) in [7, 11) is 3.15. The van der Waals surface area contributed by atoms with Crippen LogP contribution in [-0.2, 0) is 12.7 Å². The molecular formula is C36H39F3N6O3. The van der Waals surface area contributed by atoms with Gasteiger partial charge in [-0.05, 0) is 54.3 Å². The molecule has 1 aliphatic heterocycles. The molecule has 3 aromatic carbocycles. The first kappa shape index (κ1) is 33.0. The maximum atomic E-state index is 13.2. The van der Waals surface area contributed by atoms with E-state index in [0.717, 1.165) is 67.0 Å². The first-order valence-electron chi connectivity index (χ1n) is 15.9. The number of rotatable bonds is 12. The van der Waals surface area contributed by atoms with E-state index in [-0.39, 0.29) is 17.9 Å². The number of fused-ring (bicyclic) bond motifs is 1. The van der Waals surface area contributed by atoms with Crippen molar-refractivity contribution < 1.29 is 27.8 Å². The summed E-state index contributed by atoms with van der Waals surface area (Å²) >= 11 is 0. The number of methoxy groups -OCH3 is 2. The van der Waals surface area contributed by atoms with Gasteiger partial charge in [-0.15, -0.1) is 0 Å². The fourth-order valence-corrected chi connectivity index (χ4v) is 6.35. The van der Waals surface area contributed by atoms with Gasteiger partial charge in [0, 0.05) is 68.1 Å². The van der Waals surface area contributed by atoms with E-state index < -0.39 is 11.9 Å². The summed E-state index contributed by atoms with van der Waals surface area (Å²) in [6.45, 7) is 4.81. The molecule has 1 atom stereocenters. The standard InChI is InChI=1S/C36H39F3N6O3/c1-47-31-14-13-26(22-32(31)48-2)29(12-7-16-40-35-41-17-15-33(42-35)36(37,38)39)45-24-28-27(34(45)46)10-6-11-30(28)44-20-18-43(19-21-44)23-25-8-4-3-5-9-25/h3-6,8-11,13-15,17,22,24,29,46H,7,12,16,18-21,23H2,1-2H3,(H,40,41,42)/t29-/m1/s1. The summed E-state index contributed by atoms with van der Waals surface area (Å²) in [5.74, 6) is 1.19. The highest BCUT2D eigenvalue weighted by atomic mass is 19.4. The molecular weight excluding hydrogens is 621 g/mol. The van der Waals surface area contributed by atoms with Crippen molar-refractivity contribution in [1.29, 1.82) is 0 Å². The lowest BCUT2D eigenvalue weighted by atomic mass is 10.0. The highest BCUT2D eigenvalue weighted by Gasteiger charge is 2.33. The molecule has 0 spiro atoms. The first-order valence-corrected chi connectivity index (χ1v) is 15.9. The molecule has 252 valence electrons. The Morgan fingerprint density at radius 2 is 1.67 bits per heavy atom. The highest BCUT2D eigenvalue weighted by Crippen LogP contribution is 2.41. The molecule has 9 nitrogen and oxygen atoms in total. The highest BCUT2D eigenvalue weighted by molar-refractivity contribution is 5.98. The number of hydrogen-bond acceptors (Lipinski definition) is 8. The van der Waals surface area contributed by atoms with Crippen molar-refractivity contribution in [2.75, 3.05) is 57.2 Å². The molecule has 1 fully saturated rings. The minimum absolute atomic E-state index is 0.0875. The zero-order valence-electron chi connectivity index (χ0n) is 27.0. The normalized spacial score (nSPS) is 14.6. The van der Waals surface area contributed by atoms with E-state index in [9.17, 15) is 18.3 Å². The molecule has 2 aromatic heterocycles. The fourth-order valence-electron chi connectivity index (χ4n) is 6.35. The third kappa shape index (κ3) is 7.28. The lowest BCUT2D eigenvalue weighted by Gasteiger charge is -2.36. The lowest BCUT2D eigenvalue weighted by Crippen LogP contribution is -2.46. The van der Waals surface area contributed by atoms with Crippen LogP contribution in [0.1, 0.15) is 35.7 Å². The molecule has 48 heavy (non-hydrogen) atoms. The molecule has 0 bridgehead atoms. The van der Waals surface area contributed by atoms with Gasteiger partial charge in [-0.3, -0.25) is 4.90 Å². The van der Waals surface area contributed by atoms with Crippen LogP contribution in [0, 0.1) is 0 Å². The molecule has 0 aliphatic carbocycles. The van der Waals surface area contributed by atoms with Gasteiger partial charge in [-0.2, -0.15) is 13.2 Å². The third-order valence-electron chi connectivity index (χ3n) is 8.81. The largest absolute Gasteiger partial charge is 0.494 e. The van der Waals surface area contributed by atoms with Crippen LogP contribution < -0.4 is 19.7 Å². The quantitative estimate of drug-likeness (QED) is 0.139. The van der Waals surface area contributed by atoms with Gasteiger partial charge in [0.15, 0.2) is 17.4 Å². The van der Waals surface area contributed by atoms with Crippen LogP contribution in [0.25, 0.3) is 10.8 Å². The smallest absolute Gasteiger partial charge is 0.433 e. The number of alkyl halides is 3. The van der Waals surface area contributed by atoms with E-state index in [4.69, 9.17) is 9.47 Å². The van der Waals surface area contributed by atoms with Crippen LogP contribution in [0.15, 0.2) is 85.2 Å². The Morgan fingerprint density at radius 1 is 0.896 bits per heavy atom. The number of ether oxygens (including phenoxy) is 2. The predicted octanol–water partition coefficient (Wildman–Crippen LogP) is 6.98. The van der Waals surface area contributed by atoms with Gasteiger partial charge in [0.05, 0.1) is 20.3 Å². The van der Waals surface area contributed by atoms with Crippen molar-refractivity contribution in [3.05, 3.63) is 102 Å². The molecule has 0 radical (unpaired) electrons. The van der Waals surface area contributed by atoms with Crippen LogP contribution in [0.2, 0.25) is 0 Å². The van der Waals surface area contributed by atoms with Gasteiger partial charge < -0.3 is 29.4 Å². The van der Waals surface area contributed by atoms with Crippen molar-refractivity contribution >= 4 is 22.4 Å². The molecule has 0 saturated carbocycles. The second kappa shape index (κ2) is 14.4. The third-order valence-corrected chi connectivity index (χ3v) is 8.81. The number of nitrogens with zero attached hydrogens (tertiary/aromatic N) is 5. The Kier molecular flexibility index (Phi) is 9.90. The number of aromatic nitrogens is 3.